The van der Waals surface area contributed by atoms with Crippen LogP contribution in [0.4, 0.5) is 4.39 Å². The lowest BCUT2D eigenvalue weighted by Gasteiger charge is -2.21. The lowest BCUT2D eigenvalue weighted by molar-refractivity contribution is 0.0773. The summed E-state index contributed by atoms with van der Waals surface area (Å²) in [5, 5.41) is 0. The molecule has 1 amide bonds. The zero-order chi connectivity index (χ0) is 16.5. The molecule has 2 aliphatic rings. The Morgan fingerprint density at radius 3 is 2.58 bits per heavy atom. The summed E-state index contributed by atoms with van der Waals surface area (Å²) in [4.78, 5) is 20.9. The molecule has 1 aromatic carbocycles. The van der Waals surface area contributed by atoms with Crippen molar-refractivity contribution in [1.82, 2.24) is 14.8 Å². The van der Waals surface area contributed by atoms with Crippen molar-refractivity contribution in [2.45, 2.75) is 6.54 Å². The van der Waals surface area contributed by atoms with Crippen molar-refractivity contribution in [1.29, 1.82) is 0 Å². The molecular weight excluding hydrogens is 305 g/mol. The van der Waals surface area contributed by atoms with E-state index in [2.05, 4.69) is 9.88 Å². The molecule has 4 rings (SSSR count). The molecule has 0 N–H and O–H groups in total. The molecule has 2 atom stereocenters. The minimum atomic E-state index is -0.180. The van der Waals surface area contributed by atoms with Gasteiger partial charge in [-0.3, -0.25) is 14.7 Å². The molecular formula is C19H20FN3O. The van der Waals surface area contributed by atoms with Gasteiger partial charge in [0, 0.05) is 45.1 Å². The van der Waals surface area contributed by atoms with Crippen LogP contribution in [-0.4, -0.2) is 46.9 Å². The van der Waals surface area contributed by atoms with E-state index in [0.29, 0.717) is 17.4 Å². The third-order valence-corrected chi connectivity index (χ3v) is 5.05. The van der Waals surface area contributed by atoms with Gasteiger partial charge in [0.1, 0.15) is 5.82 Å². The number of aromatic nitrogens is 1. The monoisotopic (exact) mass is 325 g/mol. The molecule has 0 spiro atoms. The normalized spacial score (nSPS) is 23.5. The third-order valence-electron chi connectivity index (χ3n) is 5.05. The largest absolute Gasteiger partial charge is 0.338 e. The maximum absolute atomic E-state index is 13.3. The molecule has 0 saturated carbocycles. The zero-order valence-electron chi connectivity index (χ0n) is 13.4. The molecule has 2 aromatic rings. The standard InChI is InChI=1S/C19H20FN3O/c20-18-5-1-3-14(7-18)9-22-10-16-12-23(13-17(16)11-22)19(24)15-4-2-6-21-8-15/h1-8,16-17H,9-13H2/t16-,17+. The van der Waals surface area contributed by atoms with E-state index in [0.717, 1.165) is 38.3 Å². The highest BCUT2D eigenvalue weighted by atomic mass is 19.1. The quantitative estimate of drug-likeness (QED) is 0.870. The van der Waals surface area contributed by atoms with Crippen LogP contribution in [0.25, 0.3) is 0 Å². The lowest BCUT2D eigenvalue weighted by Crippen LogP contribution is -2.33. The summed E-state index contributed by atoms with van der Waals surface area (Å²) in [6.45, 7) is 4.33. The fourth-order valence-electron chi connectivity index (χ4n) is 3.95. The number of amides is 1. The van der Waals surface area contributed by atoms with E-state index >= 15 is 0 Å². The summed E-state index contributed by atoms with van der Waals surface area (Å²) in [7, 11) is 0. The van der Waals surface area contributed by atoms with Gasteiger partial charge in [0.25, 0.3) is 5.91 Å². The van der Waals surface area contributed by atoms with Crippen LogP contribution >= 0.6 is 0 Å². The first-order valence-corrected chi connectivity index (χ1v) is 8.35. The molecule has 0 radical (unpaired) electrons. The molecule has 24 heavy (non-hydrogen) atoms. The Balaban J connectivity index is 1.36. The van der Waals surface area contributed by atoms with Gasteiger partial charge in [-0.15, -0.1) is 0 Å². The van der Waals surface area contributed by atoms with Gasteiger partial charge >= 0.3 is 0 Å². The molecule has 3 heterocycles. The van der Waals surface area contributed by atoms with Crippen molar-refractivity contribution in [3.63, 3.8) is 0 Å². The van der Waals surface area contributed by atoms with Crippen molar-refractivity contribution in [2.24, 2.45) is 11.8 Å². The minimum absolute atomic E-state index is 0.0779. The number of fused-ring (bicyclic) bond motifs is 1. The van der Waals surface area contributed by atoms with Crippen LogP contribution in [0.3, 0.4) is 0 Å². The minimum Gasteiger partial charge on any atom is -0.338 e. The Hall–Kier alpha value is -2.27. The van der Waals surface area contributed by atoms with E-state index in [-0.39, 0.29) is 11.7 Å². The zero-order valence-corrected chi connectivity index (χ0v) is 13.4. The van der Waals surface area contributed by atoms with E-state index in [4.69, 9.17) is 0 Å². The molecule has 2 aliphatic heterocycles. The van der Waals surface area contributed by atoms with Crippen LogP contribution in [-0.2, 0) is 6.54 Å². The van der Waals surface area contributed by atoms with Crippen LogP contribution < -0.4 is 0 Å². The van der Waals surface area contributed by atoms with Gasteiger partial charge < -0.3 is 4.90 Å². The van der Waals surface area contributed by atoms with Crippen molar-refractivity contribution in [3.8, 4) is 0 Å². The average molecular weight is 325 g/mol. The maximum atomic E-state index is 13.3. The smallest absolute Gasteiger partial charge is 0.255 e. The number of benzene rings is 1. The highest BCUT2D eigenvalue weighted by Gasteiger charge is 2.41. The van der Waals surface area contributed by atoms with Crippen molar-refractivity contribution >= 4 is 5.91 Å². The number of halogens is 1. The first-order valence-electron chi connectivity index (χ1n) is 8.35. The van der Waals surface area contributed by atoms with Crippen LogP contribution in [0.15, 0.2) is 48.8 Å². The van der Waals surface area contributed by atoms with Crippen LogP contribution in [0, 0.1) is 17.7 Å². The Kier molecular flexibility index (Phi) is 4.02. The molecule has 0 unspecified atom stereocenters. The Bertz CT molecular complexity index is 722. The fourth-order valence-corrected chi connectivity index (χ4v) is 3.95. The second kappa shape index (κ2) is 6.32. The molecule has 0 bridgehead atoms. The van der Waals surface area contributed by atoms with Crippen molar-refractivity contribution in [3.05, 3.63) is 65.7 Å². The summed E-state index contributed by atoms with van der Waals surface area (Å²) in [6, 6.07) is 10.4. The van der Waals surface area contributed by atoms with E-state index in [1.165, 1.54) is 6.07 Å². The number of carbonyl (C=O) groups excluding carboxylic acids is 1. The van der Waals surface area contributed by atoms with E-state index in [9.17, 15) is 9.18 Å². The summed E-state index contributed by atoms with van der Waals surface area (Å²) in [5.41, 5.74) is 1.67. The van der Waals surface area contributed by atoms with E-state index < -0.39 is 0 Å². The number of hydrogen-bond acceptors (Lipinski definition) is 3. The number of carbonyl (C=O) groups is 1. The SMILES string of the molecule is O=C(c1cccnc1)N1C[C@H]2CN(Cc3cccc(F)c3)C[C@H]2C1. The van der Waals surface area contributed by atoms with Gasteiger partial charge in [-0.05, 0) is 41.7 Å². The first kappa shape index (κ1) is 15.3. The number of pyridine rings is 1. The first-order chi connectivity index (χ1) is 11.7. The van der Waals surface area contributed by atoms with Gasteiger partial charge in [-0.25, -0.2) is 4.39 Å². The van der Waals surface area contributed by atoms with Gasteiger partial charge in [0.05, 0.1) is 5.56 Å². The van der Waals surface area contributed by atoms with Crippen molar-refractivity contribution in [2.75, 3.05) is 26.2 Å². The van der Waals surface area contributed by atoms with Gasteiger partial charge in [0.15, 0.2) is 0 Å². The number of rotatable bonds is 3. The highest BCUT2D eigenvalue weighted by molar-refractivity contribution is 5.94. The number of nitrogens with zero attached hydrogens (tertiary/aromatic N) is 3. The van der Waals surface area contributed by atoms with Crippen LogP contribution in [0.5, 0.6) is 0 Å². The molecule has 5 heteroatoms. The predicted octanol–water partition coefficient (Wildman–Crippen LogP) is 2.42. The lowest BCUT2D eigenvalue weighted by atomic mass is 10.0. The molecule has 0 aliphatic carbocycles. The third kappa shape index (κ3) is 3.04. The summed E-state index contributed by atoms with van der Waals surface area (Å²) in [5.74, 6) is 0.924. The topological polar surface area (TPSA) is 36.4 Å². The van der Waals surface area contributed by atoms with E-state index in [1.807, 2.05) is 17.0 Å². The maximum Gasteiger partial charge on any atom is 0.255 e. The number of likely N-dealkylation sites (tertiary alicyclic amines) is 2. The Morgan fingerprint density at radius 1 is 1.12 bits per heavy atom. The van der Waals surface area contributed by atoms with Crippen LogP contribution in [0.2, 0.25) is 0 Å². The van der Waals surface area contributed by atoms with Crippen molar-refractivity contribution < 1.29 is 9.18 Å². The average Bonchev–Trinajstić information content (AvgIpc) is 3.13. The van der Waals surface area contributed by atoms with Gasteiger partial charge in [0.2, 0.25) is 0 Å². The molecule has 2 fully saturated rings. The molecule has 1 aromatic heterocycles. The Morgan fingerprint density at radius 2 is 1.92 bits per heavy atom. The molecule has 124 valence electrons. The fraction of sp³-hybridized carbons (Fsp3) is 0.368. The Labute approximate surface area is 140 Å². The summed E-state index contributed by atoms with van der Waals surface area (Å²) >= 11 is 0. The second-order valence-electron chi connectivity index (χ2n) is 6.80. The van der Waals surface area contributed by atoms with Gasteiger partial charge in [-0.1, -0.05) is 12.1 Å². The summed E-state index contributed by atoms with van der Waals surface area (Å²) in [6.07, 6.45) is 3.31. The molecule has 2 saturated heterocycles. The van der Waals surface area contributed by atoms with E-state index in [1.54, 1.807) is 30.6 Å². The van der Waals surface area contributed by atoms with Gasteiger partial charge in [-0.2, -0.15) is 0 Å². The summed E-state index contributed by atoms with van der Waals surface area (Å²) < 4.78 is 13.3. The highest BCUT2D eigenvalue weighted by Crippen LogP contribution is 2.32. The predicted molar refractivity (Wildman–Crippen MR) is 88.8 cm³/mol. The second-order valence-corrected chi connectivity index (χ2v) is 6.80. The van der Waals surface area contributed by atoms with Crippen LogP contribution in [0.1, 0.15) is 15.9 Å². The molecule has 4 nitrogen and oxygen atoms in total. The number of hydrogen-bond donors (Lipinski definition) is 0.